The van der Waals surface area contributed by atoms with Crippen LogP contribution in [0.1, 0.15) is 40.0 Å². The molecule has 1 rings (SSSR count). The first kappa shape index (κ1) is 30.2. The second kappa shape index (κ2) is 23.6. The Bertz CT molecular complexity index is 244. The summed E-state index contributed by atoms with van der Waals surface area (Å²) in [5, 5.41) is 25.2. The van der Waals surface area contributed by atoms with Gasteiger partial charge in [0.1, 0.15) is 0 Å². The molecule has 0 aromatic heterocycles. The minimum atomic E-state index is -0.981. The van der Waals surface area contributed by atoms with E-state index in [-0.39, 0.29) is 25.8 Å². The molecule has 0 aliphatic carbocycles. The van der Waals surface area contributed by atoms with Gasteiger partial charge in [-0.15, -0.1) is 0 Å². The van der Waals surface area contributed by atoms with Crippen molar-refractivity contribution >= 4 is 13.3 Å². The second-order valence-corrected chi connectivity index (χ2v) is 10.7. The summed E-state index contributed by atoms with van der Waals surface area (Å²) in [6, 6.07) is 8.69. The van der Waals surface area contributed by atoms with Crippen molar-refractivity contribution < 1.29 is 41.2 Å². The van der Waals surface area contributed by atoms with Crippen molar-refractivity contribution in [1.29, 1.82) is 0 Å². The monoisotopic (exact) mass is 497 g/mol. The van der Waals surface area contributed by atoms with E-state index in [0.717, 1.165) is 19.3 Å². The molecule has 1 aromatic rings. The topological polar surface area (TPSA) is 60.7 Å². The predicted octanol–water partition coefficient (Wildman–Crippen LogP) is 3.11. The van der Waals surface area contributed by atoms with E-state index in [2.05, 4.69) is 43.9 Å². The van der Waals surface area contributed by atoms with Crippen molar-refractivity contribution in [3.63, 3.8) is 0 Å². The Labute approximate surface area is 157 Å². The van der Waals surface area contributed by atoms with Gasteiger partial charge in [0.05, 0.1) is 0 Å². The maximum absolute atomic E-state index is 7.88. The Morgan fingerprint density at radius 2 is 0.955 bits per heavy atom. The van der Waals surface area contributed by atoms with Crippen LogP contribution in [0.5, 0.6) is 0 Å². The van der Waals surface area contributed by atoms with Gasteiger partial charge in [0.15, 0.2) is 0 Å². The minimum Gasteiger partial charge on any atom is -0.396 e. The fourth-order valence-corrected chi connectivity index (χ4v) is 2.07. The average Bonchev–Trinajstić information content (AvgIpc) is 3.02. The molecule has 5 heteroatoms. The van der Waals surface area contributed by atoms with Crippen LogP contribution in [0.25, 0.3) is 0 Å². The molecular weight excluding hydrogens is 459 g/mol. The molecule has 0 heterocycles. The Kier molecular flexibility index (Phi) is 32.4. The summed E-state index contributed by atoms with van der Waals surface area (Å²) >= 11 is 0. The van der Waals surface area contributed by atoms with Crippen molar-refractivity contribution in [3.05, 3.63) is 24.3 Å². The van der Waals surface area contributed by atoms with Crippen LogP contribution < -0.4 is 5.19 Å². The van der Waals surface area contributed by atoms with Crippen LogP contribution in [0.3, 0.4) is 0 Å². The Balaban J connectivity index is -0.000000107. The number of aliphatic hydroxyl groups is 3. The van der Waals surface area contributed by atoms with Crippen molar-refractivity contribution in [3.8, 4) is 0 Å². The van der Waals surface area contributed by atoms with E-state index >= 15 is 0 Å². The number of rotatable bonds is 4. The predicted molar refractivity (Wildman–Crippen MR) is 97.1 cm³/mol. The average molecular weight is 496 g/mol. The summed E-state index contributed by atoms with van der Waals surface area (Å²) in [5.74, 6) is 0. The molecule has 0 aliphatic heterocycles. The summed E-state index contributed by atoms with van der Waals surface area (Å²) in [6.07, 6.45) is 2.62. The standard InChI is InChI=1S/C8H13Si.3C3H8O.Hf/c1-9(2,3)8-6-4-5-7-8;3*1-2-3-4;/h4-7H,1-3H3;3*4H,2-3H2,1H3;/q-1;;;;. The summed E-state index contributed by atoms with van der Waals surface area (Å²) < 4.78 is 0. The zero-order chi connectivity index (χ0) is 17.1. The van der Waals surface area contributed by atoms with Crippen LogP contribution in [-0.2, 0) is 25.8 Å². The maximum Gasteiger partial charge on any atom is 0.0428 e. The van der Waals surface area contributed by atoms with E-state index in [1.165, 1.54) is 0 Å². The van der Waals surface area contributed by atoms with Gasteiger partial charge in [0.25, 0.3) is 0 Å². The third-order valence-electron chi connectivity index (χ3n) is 2.20. The Hall–Kier alpha value is 0.317. The molecule has 0 saturated carbocycles. The quantitative estimate of drug-likeness (QED) is 0.444. The molecule has 0 fully saturated rings. The van der Waals surface area contributed by atoms with Gasteiger partial charge in [-0.05, 0) is 19.3 Å². The number of hydrogen-bond donors (Lipinski definition) is 3. The van der Waals surface area contributed by atoms with Gasteiger partial charge in [-0.1, -0.05) is 40.4 Å². The normalized spacial score (nSPS) is 8.95. The number of hydrogen-bond acceptors (Lipinski definition) is 3. The molecule has 0 amide bonds. The molecule has 1 aromatic carbocycles. The van der Waals surface area contributed by atoms with Crippen LogP contribution in [0.15, 0.2) is 24.3 Å². The molecule has 0 unspecified atom stereocenters. The third kappa shape index (κ3) is 28.5. The van der Waals surface area contributed by atoms with Gasteiger partial charge < -0.3 is 15.3 Å². The first-order valence-corrected chi connectivity index (χ1v) is 11.4. The summed E-state index contributed by atoms with van der Waals surface area (Å²) in [6.45, 7) is 13.8. The van der Waals surface area contributed by atoms with E-state index in [0.29, 0.717) is 19.8 Å². The SMILES string of the molecule is CCCO.CCCO.CCCO.C[Si](C)(C)[c-]1cccc1.[Hf]. The van der Waals surface area contributed by atoms with Gasteiger partial charge in [-0.3, -0.25) is 0 Å². The van der Waals surface area contributed by atoms with Crippen molar-refractivity contribution in [1.82, 2.24) is 0 Å². The van der Waals surface area contributed by atoms with Crippen LogP contribution >= 0.6 is 0 Å². The summed E-state index contributed by atoms with van der Waals surface area (Å²) in [4.78, 5) is 0. The van der Waals surface area contributed by atoms with Gasteiger partial charge in [0, 0.05) is 53.7 Å². The fraction of sp³-hybridized carbons (Fsp3) is 0.706. The molecule has 132 valence electrons. The summed E-state index contributed by atoms with van der Waals surface area (Å²) in [5.41, 5.74) is 0. The summed E-state index contributed by atoms with van der Waals surface area (Å²) in [7, 11) is -0.981. The van der Waals surface area contributed by atoms with E-state index in [4.69, 9.17) is 15.3 Å². The van der Waals surface area contributed by atoms with Crippen LogP contribution in [0.2, 0.25) is 19.6 Å². The van der Waals surface area contributed by atoms with E-state index in [9.17, 15) is 0 Å². The van der Waals surface area contributed by atoms with E-state index in [1.54, 1.807) is 5.19 Å². The second-order valence-electron chi connectivity index (χ2n) is 5.59. The van der Waals surface area contributed by atoms with Crippen LogP contribution in [0.4, 0.5) is 0 Å². The van der Waals surface area contributed by atoms with Gasteiger partial charge in [-0.25, -0.2) is 12.1 Å². The molecular formula is C17H37HfO3Si-. The van der Waals surface area contributed by atoms with Gasteiger partial charge in [-0.2, -0.15) is 17.3 Å². The zero-order valence-electron chi connectivity index (χ0n) is 15.4. The maximum atomic E-state index is 7.88. The fourth-order valence-electron chi connectivity index (χ4n) is 0.874. The van der Waals surface area contributed by atoms with Gasteiger partial charge >= 0.3 is 0 Å². The van der Waals surface area contributed by atoms with Gasteiger partial charge in [0.2, 0.25) is 0 Å². The van der Waals surface area contributed by atoms with E-state index < -0.39 is 8.07 Å². The number of aliphatic hydroxyl groups excluding tert-OH is 3. The third-order valence-corrected chi connectivity index (χ3v) is 4.26. The molecule has 0 bridgehead atoms. The molecule has 0 radical (unpaired) electrons. The molecule has 22 heavy (non-hydrogen) atoms. The smallest absolute Gasteiger partial charge is 0.0428 e. The molecule has 0 saturated heterocycles. The first-order valence-electron chi connectivity index (χ1n) is 7.90. The first-order chi connectivity index (χ1) is 9.85. The Morgan fingerprint density at radius 3 is 1.05 bits per heavy atom. The Morgan fingerprint density at radius 1 is 0.727 bits per heavy atom. The van der Waals surface area contributed by atoms with Crippen molar-refractivity contribution in [2.75, 3.05) is 19.8 Å². The van der Waals surface area contributed by atoms with E-state index in [1.807, 2.05) is 20.8 Å². The minimum absolute atomic E-state index is 0. The largest absolute Gasteiger partial charge is 0.396 e. The molecule has 3 nitrogen and oxygen atoms in total. The molecule has 0 spiro atoms. The van der Waals surface area contributed by atoms with Crippen LogP contribution in [0, 0.1) is 0 Å². The zero-order valence-corrected chi connectivity index (χ0v) is 20.0. The van der Waals surface area contributed by atoms with Crippen LogP contribution in [-0.4, -0.2) is 43.2 Å². The molecule has 3 N–H and O–H groups in total. The molecule has 0 atom stereocenters. The van der Waals surface area contributed by atoms with Crippen molar-refractivity contribution in [2.24, 2.45) is 0 Å². The molecule has 0 aliphatic rings. The van der Waals surface area contributed by atoms with Crippen molar-refractivity contribution in [2.45, 2.75) is 59.7 Å².